The topological polar surface area (TPSA) is 66.4 Å². The van der Waals surface area contributed by atoms with E-state index in [1.54, 1.807) is 12.1 Å². The normalized spacial score (nSPS) is 17.6. The molecule has 0 radical (unpaired) electrons. The molecule has 0 atom stereocenters. The van der Waals surface area contributed by atoms with E-state index in [2.05, 4.69) is 4.72 Å². The zero-order valence-electron chi connectivity index (χ0n) is 10.5. The molecule has 1 saturated carbocycles. The Morgan fingerprint density at radius 2 is 1.89 bits per heavy atom. The lowest BCUT2D eigenvalue weighted by Crippen LogP contribution is -2.29. The highest BCUT2D eigenvalue weighted by Gasteiger charge is 2.27. The molecule has 18 heavy (non-hydrogen) atoms. The van der Waals surface area contributed by atoms with Gasteiger partial charge in [0.15, 0.2) is 0 Å². The van der Waals surface area contributed by atoms with E-state index in [9.17, 15) is 13.5 Å². The van der Waals surface area contributed by atoms with Crippen molar-refractivity contribution in [3.8, 4) is 5.75 Å². The Hall–Kier alpha value is -1.23. The minimum absolute atomic E-state index is 0.0278. The van der Waals surface area contributed by atoms with E-state index < -0.39 is 10.0 Å². The number of benzene rings is 1. The van der Waals surface area contributed by atoms with E-state index in [1.165, 1.54) is 6.07 Å². The Morgan fingerprint density at radius 1 is 1.22 bits per heavy atom. The van der Waals surface area contributed by atoms with Crippen molar-refractivity contribution in [1.82, 2.24) is 0 Å². The van der Waals surface area contributed by atoms with Gasteiger partial charge in [-0.25, -0.2) is 8.42 Å². The molecule has 1 fully saturated rings. The fourth-order valence-electron chi connectivity index (χ4n) is 2.34. The van der Waals surface area contributed by atoms with Gasteiger partial charge in [-0.15, -0.1) is 0 Å². The molecule has 1 aromatic rings. The number of aryl methyl sites for hydroxylation is 1. The first-order valence-electron chi connectivity index (χ1n) is 6.30. The number of aromatic hydroxyl groups is 1. The second-order valence-electron chi connectivity index (χ2n) is 4.93. The predicted molar refractivity (Wildman–Crippen MR) is 72.3 cm³/mol. The summed E-state index contributed by atoms with van der Waals surface area (Å²) in [5, 5.41) is 9.34. The van der Waals surface area contributed by atoms with Crippen LogP contribution in [0.2, 0.25) is 0 Å². The van der Waals surface area contributed by atoms with Crippen LogP contribution in [0.15, 0.2) is 18.2 Å². The van der Waals surface area contributed by atoms with Crippen molar-refractivity contribution >= 4 is 15.7 Å². The third-order valence-electron chi connectivity index (χ3n) is 3.40. The van der Waals surface area contributed by atoms with Gasteiger partial charge in [0.25, 0.3) is 0 Å². The number of anilines is 1. The monoisotopic (exact) mass is 269 g/mol. The number of nitrogens with one attached hydrogen (secondary N) is 1. The minimum atomic E-state index is -3.39. The molecule has 100 valence electrons. The van der Waals surface area contributed by atoms with Gasteiger partial charge in [-0.05, 0) is 37.5 Å². The van der Waals surface area contributed by atoms with Crippen LogP contribution in [0.4, 0.5) is 5.69 Å². The Labute approximate surface area is 108 Å². The molecular weight excluding hydrogens is 250 g/mol. The number of phenols is 1. The summed E-state index contributed by atoms with van der Waals surface area (Å²) >= 11 is 0. The molecule has 0 unspecified atom stereocenters. The third-order valence-corrected chi connectivity index (χ3v) is 5.25. The Morgan fingerprint density at radius 3 is 2.56 bits per heavy atom. The highest BCUT2D eigenvalue weighted by molar-refractivity contribution is 7.93. The number of hydrogen-bond acceptors (Lipinski definition) is 3. The molecule has 0 spiro atoms. The SMILES string of the molecule is Cc1ccc(O)c(NS(=O)(=O)C2CCCCC2)c1. The van der Waals surface area contributed by atoms with Gasteiger partial charge in [0, 0.05) is 0 Å². The summed E-state index contributed by atoms with van der Waals surface area (Å²) in [6, 6.07) is 4.90. The molecule has 1 aromatic carbocycles. The smallest absolute Gasteiger partial charge is 0.235 e. The van der Waals surface area contributed by atoms with E-state index in [0.717, 1.165) is 24.8 Å². The molecule has 1 aliphatic carbocycles. The summed E-state index contributed by atoms with van der Waals surface area (Å²) in [6.45, 7) is 1.86. The Balaban J connectivity index is 2.18. The van der Waals surface area contributed by atoms with Gasteiger partial charge < -0.3 is 5.11 Å². The average Bonchev–Trinajstić information content (AvgIpc) is 2.35. The van der Waals surface area contributed by atoms with Crippen LogP contribution in [0.1, 0.15) is 37.7 Å². The lowest BCUT2D eigenvalue weighted by atomic mass is 10.0. The fourth-order valence-corrected chi connectivity index (χ4v) is 3.93. The van der Waals surface area contributed by atoms with E-state index >= 15 is 0 Å². The zero-order valence-corrected chi connectivity index (χ0v) is 11.3. The molecule has 5 heteroatoms. The van der Waals surface area contributed by atoms with Crippen LogP contribution in [-0.4, -0.2) is 18.8 Å². The summed E-state index contributed by atoms with van der Waals surface area (Å²) in [7, 11) is -3.39. The van der Waals surface area contributed by atoms with Crippen LogP contribution >= 0.6 is 0 Å². The van der Waals surface area contributed by atoms with Crippen molar-refractivity contribution in [2.45, 2.75) is 44.3 Å². The molecule has 0 heterocycles. The summed E-state index contributed by atoms with van der Waals surface area (Å²) < 4.78 is 26.9. The lowest BCUT2D eigenvalue weighted by molar-refractivity contribution is 0.475. The first-order valence-corrected chi connectivity index (χ1v) is 7.85. The molecule has 4 nitrogen and oxygen atoms in total. The summed E-state index contributed by atoms with van der Waals surface area (Å²) in [6.07, 6.45) is 4.46. The molecule has 0 bridgehead atoms. The van der Waals surface area contributed by atoms with Gasteiger partial charge in [0.05, 0.1) is 10.9 Å². The first-order chi connectivity index (χ1) is 8.49. The van der Waals surface area contributed by atoms with Gasteiger partial charge in [-0.2, -0.15) is 0 Å². The predicted octanol–water partition coefficient (Wildman–Crippen LogP) is 2.78. The molecule has 0 aromatic heterocycles. The Kier molecular flexibility index (Phi) is 3.80. The molecule has 0 saturated heterocycles. The largest absolute Gasteiger partial charge is 0.506 e. The number of hydrogen-bond donors (Lipinski definition) is 2. The van der Waals surface area contributed by atoms with Crippen LogP contribution in [-0.2, 0) is 10.0 Å². The van der Waals surface area contributed by atoms with Crippen molar-refractivity contribution in [3.63, 3.8) is 0 Å². The first kappa shape index (κ1) is 13.2. The van der Waals surface area contributed by atoms with Gasteiger partial charge in [-0.1, -0.05) is 25.3 Å². The fraction of sp³-hybridized carbons (Fsp3) is 0.538. The molecular formula is C13H19NO3S. The van der Waals surface area contributed by atoms with Crippen LogP contribution in [0.3, 0.4) is 0 Å². The Bertz CT molecular complexity index is 519. The van der Waals surface area contributed by atoms with Crippen molar-refractivity contribution in [2.75, 3.05) is 4.72 Å². The van der Waals surface area contributed by atoms with E-state index in [-0.39, 0.29) is 16.7 Å². The second-order valence-corrected chi connectivity index (χ2v) is 6.89. The van der Waals surface area contributed by atoms with Gasteiger partial charge in [0.1, 0.15) is 5.75 Å². The van der Waals surface area contributed by atoms with Crippen LogP contribution in [0.5, 0.6) is 5.75 Å². The van der Waals surface area contributed by atoms with Crippen LogP contribution in [0.25, 0.3) is 0 Å². The third kappa shape index (κ3) is 2.96. The summed E-state index contributed by atoms with van der Waals surface area (Å²) in [5.41, 5.74) is 1.19. The van der Waals surface area contributed by atoms with Crippen LogP contribution < -0.4 is 4.72 Å². The van der Waals surface area contributed by atoms with E-state index in [4.69, 9.17) is 0 Å². The van der Waals surface area contributed by atoms with Crippen molar-refractivity contribution in [3.05, 3.63) is 23.8 Å². The van der Waals surface area contributed by atoms with Crippen molar-refractivity contribution in [2.24, 2.45) is 0 Å². The van der Waals surface area contributed by atoms with Crippen molar-refractivity contribution < 1.29 is 13.5 Å². The maximum Gasteiger partial charge on any atom is 0.235 e. The quantitative estimate of drug-likeness (QED) is 0.829. The molecule has 0 amide bonds. The number of phenolic OH excluding ortho intramolecular Hbond substituents is 1. The molecule has 2 rings (SSSR count). The average molecular weight is 269 g/mol. The minimum Gasteiger partial charge on any atom is -0.506 e. The van der Waals surface area contributed by atoms with E-state index in [0.29, 0.717) is 12.8 Å². The molecule has 2 N–H and O–H groups in total. The molecule has 0 aliphatic heterocycles. The van der Waals surface area contributed by atoms with E-state index in [1.807, 2.05) is 6.92 Å². The highest BCUT2D eigenvalue weighted by atomic mass is 32.2. The summed E-state index contributed by atoms with van der Waals surface area (Å²) in [5.74, 6) is -0.0278. The van der Waals surface area contributed by atoms with Crippen LogP contribution in [0, 0.1) is 6.92 Å². The number of sulfonamides is 1. The maximum absolute atomic E-state index is 12.2. The number of rotatable bonds is 3. The highest BCUT2D eigenvalue weighted by Crippen LogP contribution is 2.29. The summed E-state index contributed by atoms with van der Waals surface area (Å²) in [4.78, 5) is 0. The van der Waals surface area contributed by atoms with Gasteiger partial charge >= 0.3 is 0 Å². The standard InChI is InChI=1S/C13H19NO3S/c1-10-7-8-13(15)12(9-10)14-18(16,17)11-5-3-2-4-6-11/h7-9,11,14-15H,2-6H2,1H3. The van der Waals surface area contributed by atoms with Crippen molar-refractivity contribution in [1.29, 1.82) is 0 Å². The molecule has 1 aliphatic rings. The second kappa shape index (κ2) is 5.18. The zero-order chi connectivity index (χ0) is 13.2. The maximum atomic E-state index is 12.2. The lowest BCUT2D eigenvalue weighted by Gasteiger charge is -2.22. The van der Waals surface area contributed by atoms with Gasteiger partial charge in [-0.3, -0.25) is 4.72 Å². The van der Waals surface area contributed by atoms with Gasteiger partial charge in [0.2, 0.25) is 10.0 Å².